The number of hydrogen-bond donors (Lipinski definition) is 1. The van der Waals surface area contributed by atoms with Crippen LogP contribution in [0.15, 0.2) is 6.08 Å². The zero-order valence-electron chi connectivity index (χ0n) is 14.4. The quantitative estimate of drug-likeness (QED) is 0.624. The van der Waals surface area contributed by atoms with Crippen LogP contribution >= 0.6 is 11.6 Å². The van der Waals surface area contributed by atoms with E-state index in [1.165, 1.54) is 13.1 Å². The van der Waals surface area contributed by atoms with Crippen LogP contribution in [-0.2, 0) is 16.6 Å². The van der Waals surface area contributed by atoms with Crippen molar-refractivity contribution in [3.05, 3.63) is 22.5 Å². The fraction of sp³-hybridized carbons (Fsp3) is 0.500. The molecule has 0 saturated carbocycles. The molecule has 0 atom stereocenters. The minimum atomic E-state index is -0.866. The summed E-state index contributed by atoms with van der Waals surface area (Å²) < 4.78 is 1.55. The Labute approximate surface area is 150 Å². The van der Waals surface area contributed by atoms with Crippen LogP contribution in [0.5, 0.6) is 0 Å². The lowest BCUT2D eigenvalue weighted by atomic mass is 9.87. The fourth-order valence-corrected chi connectivity index (χ4v) is 3.54. The van der Waals surface area contributed by atoms with Crippen LogP contribution in [-0.4, -0.2) is 63.1 Å². The molecule has 1 aromatic rings. The molecule has 0 bridgehead atoms. The first-order chi connectivity index (χ1) is 11.7. The van der Waals surface area contributed by atoms with E-state index in [0.29, 0.717) is 36.6 Å². The Balaban J connectivity index is 1.65. The summed E-state index contributed by atoms with van der Waals surface area (Å²) in [6, 6.07) is -0.383. The molecule has 3 rings (SSSR count). The standard InChI is InChI=1S/C16H20ClN5O3/c1-10-11(13(17)21(3)19-10)4-5-12(23)22-8-6-16(7-9-22)14(24)20(2)15(25)18-16/h4-5H,6-9H2,1-3H3,(H,18,25)/b5-4+. The van der Waals surface area contributed by atoms with Gasteiger partial charge in [-0.25, -0.2) is 4.79 Å². The fourth-order valence-electron chi connectivity index (χ4n) is 3.30. The Morgan fingerprint density at radius 1 is 1.28 bits per heavy atom. The number of urea groups is 1. The van der Waals surface area contributed by atoms with Crippen molar-refractivity contribution in [3.8, 4) is 0 Å². The second kappa shape index (κ2) is 6.18. The maximum Gasteiger partial charge on any atom is 0.324 e. The van der Waals surface area contributed by atoms with E-state index in [-0.39, 0.29) is 17.8 Å². The number of imide groups is 1. The lowest BCUT2D eigenvalue weighted by Gasteiger charge is -2.36. The van der Waals surface area contributed by atoms with Crippen molar-refractivity contribution in [2.75, 3.05) is 20.1 Å². The van der Waals surface area contributed by atoms with E-state index in [1.54, 1.807) is 22.7 Å². The third-order valence-corrected chi connectivity index (χ3v) is 5.33. The number of piperidine rings is 1. The number of amides is 4. The van der Waals surface area contributed by atoms with Gasteiger partial charge in [0.05, 0.1) is 5.69 Å². The highest BCUT2D eigenvalue weighted by molar-refractivity contribution is 6.31. The summed E-state index contributed by atoms with van der Waals surface area (Å²) in [7, 11) is 3.20. The first-order valence-corrected chi connectivity index (χ1v) is 8.39. The Kier molecular flexibility index (Phi) is 4.32. The van der Waals surface area contributed by atoms with Crippen molar-refractivity contribution < 1.29 is 14.4 Å². The molecule has 4 amide bonds. The van der Waals surface area contributed by atoms with E-state index in [0.717, 1.165) is 10.6 Å². The average molecular weight is 366 g/mol. The van der Waals surface area contributed by atoms with Gasteiger partial charge in [-0.1, -0.05) is 11.6 Å². The molecule has 2 aliphatic rings. The number of rotatable bonds is 2. The molecular formula is C16H20ClN5O3. The molecule has 0 radical (unpaired) electrons. The van der Waals surface area contributed by atoms with Crippen LogP contribution in [0, 0.1) is 6.92 Å². The molecule has 1 spiro atoms. The number of nitrogens with one attached hydrogen (secondary N) is 1. The number of halogens is 1. The summed E-state index contributed by atoms with van der Waals surface area (Å²) in [4.78, 5) is 39.1. The van der Waals surface area contributed by atoms with Crippen molar-refractivity contribution in [1.29, 1.82) is 0 Å². The number of carbonyl (C=O) groups is 3. The summed E-state index contributed by atoms with van der Waals surface area (Å²) in [5.41, 5.74) is 0.595. The van der Waals surface area contributed by atoms with E-state index in [1.807, 2.05) is 6.92 Å². The Morgan fingerprint density at radius 3 is 2.40 bits per heavy atom. The van der Waals surface area contributed by atoms with E-state index in [4.69, 9.17) is 11.6 Å². The molecule has 1 aromatic heterocycles. The summed E-state index contributed by atoms with van der Waals surface area (Å²) in [5, 5.41) is 7.43. The number of aromatic nitrogens is 2. The predicted molar refractivity (Wildman–Crippen MR) is 91.8 cm³/mol. The lowest BCUT2D eigenvalue weighted by Crippen LogP contribution is -2.55. The maximum atomic E-state index is 12.4. The van der Waals surface area contributed by atoms with Gasteiger partial charge in [0, 0.05) is 38.8 Å². The molecule has 2 fully saturated rings. The van der Waals surface area contributed by atoms with Crippen molar-refractivity contribution >= 4 is 35.5 Å². The minimum absolute atomic E-state index is 0.153. The second-order valence-electron chi connectivity index (χ2n) is 6.45. The minimum Gasteiger partial charge on any atom is -0.339 e. The number of carbonyl (C=O) groups excluding carboxylic acids is 3. The van der Waals surface area contributed by atoms with Gasteiger partial charge in [-0.2, -0.15) is 5.10 Å². The van der Waals surface area contributed by atoms with E-state index >= 15 is 0 Å². The van der Waals surface area contributed by atoms with Crippen LogP contribution in [0.4, 0.5) is 4.79 Å². The lowest BCUT2D eigenvalue weighted by molar-refractivity contribution is -0.135. The average Bonchev–Trinajstić information content (AvgIpc) is 2.94. The van der Waals surface area contributed by atoms with E-state index in [2.05, 4.69) is 10.4 Å². The summed E-state index contributed by atoms with van der Waals surface area (Å²) >= 11 is 6.15. The molecule has 9 heteroatoms. The zero-order chi connectivity index (χ0) is 18.4. The molecule has 0 aliphatic carbocycles. The van der Waals surface area contributed by atoms with Gasteiger partial charge in [-0.3, -0.25) is 19.2 Å². The van der Waals surface area contributed by atoms with Crippen molar-refractivity contribution in [2.45, 2.75) is 25.3 Å². The topological polar surface area (TPSA) is 87.5 Å². The molecule has 0 aromatic carbocycles. The molecule has 25 heavy (non-hydrogen) atoms. The molecule has 1 N–H and O–H groups in total. The summed E-state index contributed by atoms with van der Waals surface area (Å²) in [5.74, 6) is -0.378. The van der Waals surface area contributed by atoms with E-state index in [9.17, 15) is 14.4 Å². The highest BCUT2D eigenvalue weighted by Gasteiger charge is 2.51. The van der Waals surface area contributed by atoms with E-state index < -0.39 is 5.54 Å². The van der Waals surface area contributed by atoms with Gasteiger partial charge in [-0.05, 0) is 25.8 Å². The van der Waals surface area contributed by atoms with Crippen molar-refractivity contribution in [2.24, 2.45) is 7.05 Å². The number of likely N-dealkylation sites (N-methyl/N-ethyl adjacent to an activating group) is 1. The number of likely N-dealkylation sites (tertiary alicyclic amines) is 1. The van der Waals surface area contributed by atoms with Crippen LogP contribution < -0.4 is 5.32 Å². The number of nitrogens with zero attached hydrogens (tertiary/aromatic N) is 4. The summed E-state index contributed by atoms with van der Waals surface area (Å²) in [6.45, 7) is 2.64. The first kappa shape index (κ1) is 17.5. The molecular weight excluding hydrogens is 346 g/mol. The molecule has 2 saturated heterocycles. The van der Waals surface area contributed by atoms with Gasteiger partial charge >= 0.3 is 6.03 Å². The highest BCUT2D eigenvalue weighted by atomic mass is 35.5. The Morgan fingerprint density at radius 2 is 1.92 bits per heavy atom. The zero-order valence-corrected chi connectivity index (χ0v) is 15.1. The number of hydrogen-bond acceptors (Lipinski definition) is 4. The summed E-state index contributed by atoms with van der Waals surface area (Å²) in [6.07, 6.45) is 3.95. The number of aryl methyl sites for hydroxylation is 2. The van der Waals surface area contributed by atoms with Gasteiger partial charge in [0.15, 0.2) is 0 Å². The van der Waals surface area contributed by atoms with Gasteiger partial charge in [0.1, 0.15) is 10.7 Å². The molecule has 3 heterocycles. The monoisotopic (exact) mass is 365 g/mol. The van der Waals surface area contributed by atoms with Crippen molar-refractivity contribution in [3.63, 3.8) is 0 Å². The third kappa shape index (κ3) is 2.90. The molecule has 2 aliphatic heterocycles. The second-order valence-corrected chi connectivity index (χ2v) is 6.81. The predicted octanol–water partition coefficient (Wildman–Crippen LogP) is 0.938. The SMILES string of the molecule is Cc1nn(C)c(Cl)c1/C=C/C(=O)N1CCC2(CC1)NC(=O)N(C)C2=O. The van der Waals surface area contributed by atoms with Crippen molar-refractivity contribution in [1.82, 2.24) is 24.9 Å². The van der Waals surface area contributed by atoms with Crippen LogP contribution in [0.1, 0.15) is 24.1 Å². The van der Waals surface area contributed by atoms with Crippen LogP contribution in [0.3, 0.4) is 0 Å². The van der Waals surface area contributed by atoms with Gasteiger partial charge in [0.2, 0.25) is 5.91 Å². The Hall–Kier alpha value is -2.35. The molecule has 0 unspecified atom stereocenters. The van der Waals surface area contributed by atoms with Crippen LogP contribution in [0.25, 0.3) is 6.08 Å². The molecule has 8 nitrogen and oxygen atoms in total. The van der Waals surface area contributed by atoms with Crippen LogP contribution in [0.2, 0.25) is 5.15 Å². The third-order valence-electron chi connectivity index (χ3n) is 4.88. The maximum absolute atomic E-state index is 12.4. The first-order valence-electron chi connectivity index (χ1n) is 8.01. The normalized spacial score (nSPS) is 20.0. The van der Waals surface area contributed by atoms with Gasteiger partial charge in [0.25, 0.3) is 5.91 Å². The highest BCUT2D eigenvalue weighted by Crippen LogP contribution is 2.29. The van der Waals surface area contributed by atoms with Gasteiger partial charge < -0.3 is 10.2 Å². The van der Waals surface area contributed by atoms with Gasteiger partial charge in [-0.15, -0.1) is 0 Å². The Bertz CT molecular complexity index is 777. The smallest absolute Gasteiger partial charge is 0.324 e. The molecule has 134 valence electrons. The largest absolute Gasteiger partial charge is 0.339 e.